The molecule has 4 N–H and O–H groups in total. The van der Waals surface area contributed by atoms with Crippen LogP contribution in [0.25, 0.3) is 27.8 Å². The number of carbonyl (C=O) groups is 1. The highest BCUT2D eigenvalue weighted by Crippen LogP contribution is 2.35. The Kier molecular flexibility index (Phi) is 5.53. The molecular weight excluding hydrogens is 458 g/mol. The topological polar surface area (TPSA) is 110 Å². The number of aromatic amines is 1. The Hall–Kier alpha value is -3.75. The first kappa shape index (κ1) is 21.1. The second-order valence-corrected chi connectivity index (χ2v) is 8.67. The van der Waals surface area contributed by atoms with Gasteiger partial charge in [-0.2, -0.15) is 5.10 Å². The second-order valence-electron chi connectivity index (χ2n) is 7.30. The number of thioether (sulfide) groups is 1. The lowest BCUT2D eigenvalue weighted by Gasteiger charge is -2.07. The van der Waals surface area contributed by atoms with Crippen LogP contribution in [0.4, 0.5) is 5.82 Å². The predicted molar refractivity (Wildman–Crippen MR) is 131 cm³/mol. The van der Waals surface area contributed by atoms with E-state index in [-0.39, 0.29) is 10.6 Å². The summed E-state index contributed by atoms with van der Waals surface area (Å²) < 4.78 is 1.56. The van der Waals surface area contributed by atoms with Crippen LogP contribution in [-0.2, 0) is 5.75 Å². The molecule has 0 spiro atoms. The van der Waals surface area contributed by atoms with E-state index in [9.17, 15) is 9.90 Å². The molecule has 9 heteroatoms. The van der Waals surface area contributed by atoms with Crippen LogP contribution in [0.15, 0.2) is 78.0 Å². The van der Waals surface area contributed by atoms with Gasteiger partial charge in [0.15, 0.2) is 5.16 Å². The van der Waals surface area contributed by atoms with Gasteiger partial charge in [-0.05, 0) is 35.9 Å². The number of fused-ring (bicyclic) bond motifs is 1. The van der Waals surface area contributed by atoms with Crippen molar-refractivity contribution in [1.82, 2.24) is 19.7 Å². The molecule has 0 fully saturated rings. The smallest absolute Gasteiger partial charge is 0.337 e. The summed E-state index contributed by atoms with van der Waals surface area (Å²) >= 11 is 7.57. The van der Waals surface area contributed by atoms with Crippen molar-refractivity contribution in [3.63, 3.8) is 0 Å². The molecular formula is C24H18ClN5O2S. The van der Waals surface area contributed by atoms with Gasteiger partial charge in [0.2, 0.25) is 0 Å². The molecule has 5 rings (SSSR count). The minimum atomic E-state index is -1.11. The third-order valence-corrected chi connectivity index (χ3v) is 6.41. The van der Waals surface area contributed by atoms with E-state index < -0.39 is 5.97 Å². The Morgan fingerprint density at radius 1 is 1.09 bits per heavy atom. The molecule has 2 aromatic heterocycles. The number of carboxylic acids is 1. The van der Waals surface area contributed by atoms with E-state index in [4.69, 9.17) is 22.4 Å². The van der Waals surface area contributed by atoms with Gasteiger partial charge < -0.3 is 15.8 Å². The predicted octanol–water partition coefficient (Wildman–Crippen LogP) is 5.64. The lowest BCUT2D eigenvalue weighted by atomic mass is 10.1. The van der Waals surface area contributed by atoms with Crippen molar-refractivity contribution >= 4 is 46.2 Å². The molecule has 0 aliphatic rings. The fraction of sp³-hybridized carbons (Fsp3) is 0.0417. The van der Waals surface area contributed by atoms with Crippen LogP contribution in [0, 0.1) is 0 Å². The number of nitrogens with zero attached hydrogens (tertiary/aromatic N) is 3. The number of aromatic carboxylic acids is 1. The molecule has 0 radical (unpaired) electrons. The van der Waals surface area contributed by atoms with Gasteiger partial charge in [-0.25, -0.2) is 14.5 Å². The summed E-state index contributed by atoms with van der Waals surface area (Å²) in [5, 5.41) is 15.1. The maximum Gasteiger partial charge on any atom is 0.337 e. The molecule has 5 aromatic rings. The summed E-state index contributed by atoms with van der Waals surface area (Å²) in [4.78, 5) is 19.5. The van der Waals surface area contributed by atoms with Crippen molar-refractivity contribution in [2.24, 2.45) is 0 Å². The molecule has 0 saturated heterocycles. The number of rotatable bonds is 6. The van der Waals surface area contributed by atoms with Gasteiger partial charge >= 0.3 is 5.97 Å². The number of nitrogen functional groups attached to an aromatic ring is 1. The van der Waals surface area contributed by atoms with Crippen molar-refractivity contribution in [3.05, 3.63) is 89.1 Å². The molecule has 0 aliphatic heterocycles. The van der Waals surface area contributed by atoms with E-state index >= 15 is 0 Å². The fourth-order valence-electron chi connectivity index (χ4n) is 3.64. The van der Waals surface area contributed by atoms with Crippen LogP contribution in [0.3, 0.4) is 0 Å². The van der Waals surface area contributed by atoms with Crippen LogP contribution in [0.1, 0.15) is 16.1 Å². The number of para-hydroxylation sites is 2. The highest BCUT2D eigenvalue weighted by Gasteiger charge is 2.20. The highest BCUT2D eigenvalue weighted by molar-refractivity contribution is 7.98. The number of H-pyrrole nitrogens is 1. The molecule has 3 aromatic carbocycles. The highest BCUT2D eigenvalue weighted by atomic mass is 35.5. The van der Waals surface area contributed by atoms with Gasteiger partial charge in [-0.3, -0.25) is 0 Å². The SMILES string of the molecule is Nc1c(-c2ccccc2)c(CSc2nc3ccccc3[nH]2)nn1-c1ccc(Cl)c(C(=O)O)c1. The Bertz CT molecular complexity index is 1450. The van der Waals surface area contributed by atoms with Crippen LogP contribution in [0.2, 0.25) is 5.02 Å². The molecule has 0 saturated carbocycles. The average Bonchev–Trinajstić information content (AvgIpc) is 3.39. The zero-order valence-corrected chi connectivity index (χ0v) is 18.8. The summed E-state index contributed by atoms with van der Waals surface area (Å²) in [7, 11) is 0. The Labute approximate surface area is 198 Å². The molecule has 0 aliphatic carbocycles. The number of imidazole rings is 1. The molecule has 164 valence electrons. The number of nitrogens with two attached hydrogens (primary N) is 1. The number of aromatic nitrogens is 4. The zero-order chi connectivity index (χ0) is 22.9. The van der Waals surface area contributed by atoms with Crippen molar-refractivity contribution in [2.75, 3.05) is 5.73 Å². The number of hydrogen-bond acceptors (Lipinski definition) is 5. The maximum atomic E-state index is 11.6. The molecule has 33 heavy (non-hydrogen) atoms. The van der Waals surface area contributed by atoms with Gasteiger partial charge in [-0.15, -0.1) is 0 Å². The number of halogens is 1. The van der Waals surface area contributed by atoms with Gasteiger partial charge in [0.05, 0.1) is 33.0 Å². The fourth-order valence-corrected chi connectivity index (χ4v) is 4.66. The average molecular weight is 476 g/mol. The molecule has 0 amide bonds. The minimum Gasteiger partial charge on any atom is -0.478 e. The lowest BCUT2D eigenvalue weighted by molar-refractivity contribution is 0.0697. The van der Waals surface area contributed by atoms with E-state index in [2.05, 4.69) is 9.97 Å². The molecule has 7 nitrogen and oxygen atoms in total. The zero-order valence-electron chi connectivity index (χ0n) is 17.2. The van der Waals surface area contributed by atoms with E-state index in [1.807, 2.05) is 54.6 Å². The van der Waals surface area contributed by atoms with Crippen LogP contribution in [0.5, 0.6) is 0 Å². The third-order valence-electron chi connectivity index (χ3n) is 5.19. The van der Waals surface area contributed by atoms with Crippen molar-refractivity contribution < 1.29 is 9.90 Å². The molecule has 2 heterocycles. The second kappa shape index (κ2) is 8.65. The summed E-state index contributed by atoms with van der Waals surface area (Å²) in [6.45, 7) is 0. The van der Waals surface area contributed by atoms with Gasteiger partial charge in [0.1, 0.15) is 5.82 Å². The quantitative estimate of drug-likeness (QED) is 0.274. The summed E-state index contributed by atoms with van der Waals surface area (Å²) in [6, 6.07) is 22.3. The van der Waals surface area contributed by atoms with E-state index in [1.54, 1.807) is 10.7 Å². The van der Waals surface area contributed by atoms with Crippen LogP contribution >= 0.6 is 23.4 Å². The van der Waals surface area contributed by atoms with E-state index in [1.165, 1.54) is 23.9 Å². The monoisotopic (exact) mass is 475 g/mol. The molecule has 0 unspecified atom stereocenters. The summed E-state index contributed by atoms with van der Waals surface area (Å²) in [5.41, 5.74) is 11.4. The number of hydrogen-bond donors (Lipinski definition) is 3. The Morgan fingerprint density at radius 2 is 1.85 bits per heavy atom. The first-order valence-corrected chi connectivity index (χ1v) is 11.4. The normalized spacial score (nSPS) is 11.2. The molecule has 0 bridgehead atoms. The van der Waals surface area contributed by atoms with Crippen molar-refractivity contribution in [2.45, 2.75) is 10.9 Å². The first-order chi connectivity index (χ1) is 16.0. The Morgan fingerprint density at radius 3 is 2.61 bits per heavy atom. The van der Waals surface area contributed by atoms with E-state index in [0.29, 0.717) is 17.3 Å². The summed E-state index contributed by atoms with van der Waals surface area (Å²) in [6.07, 6.45) is 0. The minimum absolute atomic E-state index is 0.0106. The standard InChI is InChI=1S/C24H18ClN5O2S/c25-17-11-10-15(12-16(17)23(31)32)30-22(26)21(14-6-2-1-3-7-14)20(29-30)13-33-24-27-18-8-4-5-9-19(18)28-24/h1-12H,13,26H2,(H,27,28)(H,31,32). The number of carboxylic acid groups (broad SMARTS) is 1. The number of anilines is 1. The van der Waals surface area contributed by atoms with Gasteiger partial charge in [0.25, 0.3) is 0 Å². The Balaban J connectivity index is 1.56. The van der Waals surface area contributed by atoms with Crippen molar-refractivity contribution in [1.29, 1.82) is 0 Å². The number of nitrogens with one attached hydrogen (secondary N) is 1. The van der Waals surface area contributed by atoms with Gasteiger partial charge in [-0.1, -0.05) is 65.8 Å². The number of benzene rings is 3. The third kappa shape index (κ3) is 4.06. The largest absolute Gasteiger partial charge is 0.478 e. The van der Waals surface area contributed by atoms with E-state index in [0.717, 1.165) is 33.0 Å². The first-order valence-electron chi connectivity index (χ1n) is 10.0. The molecule has 0 atom stereocenters. The summed E-state index contributed by atoms with van der Waals surface area (Å²) in [5.74, 6) is -0.183. The van der Waals surface area contributed by atoms with Gasteiger partial charge in [0, 0.05) is 11.3 Å². The van der Waals surface area contributed by atoms with Crippen LogP contribution < -0.4 is 5.73 Å². The van der Waals surface area contributed by atoms with Crippen LogP contribution in [-0.4, -0.2) is 30.8 Å². The maximum absolute atomic E-state index is 11.6. The van der Waals surface area contributed by atoms with Crippen molar-refractivity contribution in [3.8, 4) is 16.8 Å². The lowest BCUT2D eigenvalue weighted by Crippen LogP contribution is -2.05.